The van der Waals surface area contributed by atoms with Gasteiger partial charge in [0.25, 0.3) is 5.91 Å². The van der Waals surface area contributed by atoms with Gasteiger partial charge in [-0.2, -0.15) is 0 Å². The van der Waals surface area contributed by atoms with Gasteiger partial charge in [-0.25, -0.2) is 4.79 Å². The Kier molecular flexibility index (Phi) is 3.61. The summed E-state index contributed by atoms with van der Waals surface area (Å²) in [5.74, 6) is -0.590. The maximum atomic E-state index is 11.7. The molecule has 2 rings (SSSR count). The van der Waals surface area contributed by atoms with Gasteiger partial charge in [0.05, 0.1) is 6.42 Å². The summed E-state index contributed by atoms with van der Waals surface area (Å²) in [6.45, 7) is 0. The summed E-state index contributed by atoms with van der Waals surface area (Å²) >= 11 is 0. The van der Waals surface area contributed by atoms with Crippen molar-refractivity contribution in [3.05, 3.63) is 0 Å². The van der Waals surface area contributed by atoms with Crippen molar-refractivity contribution in [1.82, 2.24) is 16.0 Å². The molecule has 17 heavy (non-hydrogen) atoms. The number of amides is 4. The van der Waals surface area contributed by atoms with E-state index in [1.807, 2.05) is 0 Å². The van der Waals surface area contributed by atoms with Crippen LogP contribution in [0.5, 0.6) is 0 Å². The Balaban J connectivity index is 1.76. The van der Waals surface area contributed by atoms with Crippen LogP contribution >= 0.6 is 0 Å². The number of carbonyl (C=O) groups is 3. The second kappa shape index (κ2) is 5.16. The van der Waals surface area contributed by atoms with Crippen LogP contribution in [-0.4, -0.2) is 29.9 Å². The van der Waals surface area contributed by atoms with Gasteiger partial charge in [0.2, 0.25) is 5.91 Å². The van der Waals surface area contributed by atoms with Gasteiger partial charge in [0.15, 0.2) is 0 Å². The van der Waals surface area contributed by atoms with Crippen molar-refractivity contribution in [2.24, 2.45) is 0 Å². The predicted molar refractivity (Wildman–Crippen MR) is 60.1 cm³/mol. The highest BCUT2D eigenvalue weighted by Gasteiger charge is 2.31. The Labute approximate surface area is 99.5 Å². The lowest BCUT2D eigenvalue weighted by Gasteiger charge is -2.23. The summed E-state index contributed by atoms with van der Waals surface area (Å²) in [6, 6.07) is -1.01. The molecule has 6 nitrogen and oxygen atoms in total. The molecule has 0 spiro atoms. The van der Waals surface area contributed by atoms with E-state index in [0.717, 1.165) is 25.7 Å². The molecule has 4 amide bonds. The number of nitrogens with one attached hydrogen (secondary N) is 3. The van der Waals surface area contributed by atoms with Gasteiger partial charge in [0, 0.05) is 6.04 Å². The highest BCUT2D eigenvalue weighted by molar-refractivity contribution is 6.05. The van der Waals surface area contributed by atoms with Gasteiger partial charge in [-0.05, 0) is 12.8 Å². The lowest BCUT2D eigenvalue weighted by Crippen LogP contribution is -2.41. The first-order chi connectivity index (χ1) is 8.15. The molecule has 1 heterocycles. The fourth-order valence-electron chi connectivity index (χ4n) is 2.32. The first-order valence-corrected chi connectivity index (χ1v) is 6.06. The van der Waals surface area contributed by atoms with E-state index in [-0.39, 0.29) is 18.4 Å². The van der Waals surface area contributed by atoms with E-state index < -0.39 is 18.0 Å². The van der Waals surface area contributed by atoms with Crippen molar-refractivity contribution in [3.8, 4) is 0 Å². The molecule has 94 valence electrons. The number of imide groups is 1. The van der Waals surface area contributed by atoms with Crippen molar-refractivity contribution in [2.45, 2.75) is 50.6 Å². The van der Waals surface area contributed by atoms with E-state index in [9.17, 15) is 14.4 Å². The first-order valence-electron chi connectivity index (χ1n) is 6.06. The SMILES string of the molecule is O=C(CC1NC(=O)NC1=O)NC1CCCCC1. The zero-order valence-corrected chi connectivity index (χ0v) is 9.62. The normalized spacial score (nSPS) is 25.3. The molecule has 1 saturated heterocycles. The summed E-state index contributed by atoms with van der Waals surface area (Å²) < 4.78 is 0. The van der Waals surface area contributed by atoms with Crippen LogP contribution in [0.1, 0.15) is 38.5 Å². The van der Waals surface area contributed by atoms with Gasteiger partial charge in [-0.3, -0.25) is 14.9 Å². The minimum Gasteiger partial charge on any atom is -0.353 e. The largest absolute Gasteiger partial charge is 0.353 e. The second-order valence-electron chi connectivity index (χ2n) is 4.62. The molecule has 1 atom stereocenters. The minimum atomic E-state index is -0.717. The lowest BCUT2D eigenvalue weighted by atomic mass is 9.95. The molecule has 6 heteroatoms. The molecule has 2 aliphatic rings. The van der Waals surface area contributed by atoms with Crippen molar-refractivity contribution < 1.29 is 14.4 Å². The average molecular weight is 239 g/mol. The van der Waals surface area contributed by atoms with E-state index in [4.69, 9.17) is 0 Å². The number of carbonyl (C=O) groups excluding carboxylic acids is 3. The Morgan fingerprint density at radius 1 is 1.24 bits per heavy atom. The number of hydrogen-bond donors (Lipinski definition) is 3. The average Bonchev–Trinajstić information content (AvgIpc) is 2.58. The van der Waals surface area contributed by atoms with Crippen LogP contribution in [0.2, 0.25) is 0 Å². The molecule has 1 aliphatic heterocycles. The molecule has 1 saturated carbocycles. The summed E-state index contributed by atoms with van der Waals surface area (Å²) in [7, 11) is 0. The first kappa shape index (κ1) is 11.9. The third-order valence-corrected chi connectivity index (χ3v) is 3.22. The van der Waals surface area contributed by atoms with E-state index >= 15 is 0 Å². The Hall–Kier alpha value is -1.59. The predicted octanol–water partition coefficient (Wildman–Crippen LogP) is 0.0334. The third-order valence-electron chi connectivity index (χ3n) is 3.22. The Morgan fingerprint density at radius 2 is 1.94 bits per heavy atom. The standard InChI is InChI=1S/C11H17N3O3/c15-9(12-7-4-2-1-3-5-7)6-8-10(16)14-11(17)13-8/h7-8H,1-6H2,(H,12,15)(H2,13,14,16,17). The van der Waals surface area contributed by atoms with Crippen LogP contribution in [0.3, 0.4) is 0 Å². The van der Waals surface area contributed by atoms with Crippen LogP contribution in [0.15, 0.2) is 0 Å². The van der Waals surface area contributed by atoms with Crippen LogP contribution in [0, 0.1) is 0 Å². The quantitative estimate of drug-likeness (QED) is 0.607. The van der Waals surface area contributed by atoms with Gasteiger partial charge < -0.3 is 10.6 Å². The van der Waals surface area contributed by atoms with Gasteiger partial charge >= 0.3 is 6.03 Å². The van der Waals surface area contributed by atoms with E-state index in [0.29, 0.717) is 0 Å². The fourth-order valence-corrected chi connectivity index (χ4v) is 2.32. The third kappa shape index (κ3) is 3.18. The number of rotatable bonds is 3. The summed E-state index contributed by atoms with van der Waals surface area (Å²) in [5.41, 5.74) is 0. The molecule has 0 radical (unpaired) electrons. The monoisotopic (exact) mass is 239 g/mol. The second-order valence-corrected chi connectivity index (χ2v) is 4.62. The van der Waals surface area contributed by atoms with E-state index in [1.165, 1.54) is 6.42 Å². The topological polar surface area (TPSA) is 87.3 Å². The van der Waals surface area contributed by atoms with Crippen molar-refractivity contribution in [3.63, 3.8) is 0 Å². The molecular weight excluding hydrogens is 222 g/mol. The van der Waals surface area contributed by atoms with Gasteiger partial charge in [-0.15, -0.1) is 0 Å². The van der Waals surface area contributed by atoms with Crippen LogP contribution in [-0.2, 0) is 9.59 Å². The molecule has 1 unspecified atom stereocenters. The van der Waals surface area contributed by atoms with Gasteiger partial charge in [-0.1, -0.05) is 19.3 Å². The van der Waals surface area contributed by atoms with Crippen LogP contribution in [0.25, 0.3) is 0 Å². The zero-order valence-electron chi connectivity index (χ0n) is 9.62. The Bertz CT molecular complexity index is 337. The summed E-state index contributed by atoms with van der Waals surface area (Å²) in [5, 5.41) is 7.43. The lowest BCUT2D eigenvalue weighted by molar-refractivity contribution is -0.127. The molecule has 3 N–H and O–H groups in total. The van der Waals surface area contributed by atoms with Crippen molar-refractivity contribution in [2.75, 3.05) is 0 Å². The molecule has 0 bridgehead atoms. The molecule has 1 aliphatic carbocycles. The molecule has 0 aromatic rings. The number of hydrogen-bond acceptors (Lipinski definition) is 3. The molecular formula is C11H17N3O3. The number of urea groups is 1. The van der Waals surface area contributed by atoms with Crippen LogP contribution in [0.4, 0.5) is 4.79 Å². The fraction of sp³-hybridized carbons (Fsp3) is 0.727. The molecule has 0 aromatic carbocycles. The summed E-state index contributed by atoms with van der Waals surface area (Å²) in [4.78, 5) is 33.8. The van der Waals surface area contributed by atoms with Crippen molar-refractivity contribution in [1.29, 1.82) is 0 Å². The minimum absolute atomic E-state index is 0.0219. The smallest absolute Gasteiger partial charge is 0.322 e. The zero-order chi connectivity index (χ0) is 12.3. The maximum absolute atomic E-state index is 11.7. The van der Waals surface area contributed by atoms with Crippen LogP contribution < -0.4 is 16.0 Å². The van der Waals surface area contributed by atoms with Gasteiger partial charge in [0.1, 0.15) is 6.04 Å². The highest BCUT2D eigenvalue weighted by Crippen LogP contribution is 2.17. The highest BCUT2D eigenvalue weighted by atomic mass is 16.2. The Morgan fingerprint density at radius 3 is 2.53 bits per heavy atom. The van der Waals surface area contributed by atoms with E-state index in [2.05, 4.69) is 16.0 Å². The van der Waals surface area contributed by atoms with E-state index in [1.54, 1.807) is 0 Å². The molecule has 0 aromatic heterocycles. The molecule has 2 fully saturated rings. The maximum Gasteiger partial charge on any atom is 0.322 e. The van der Waals surface area contributed by atoms with Crippen molar-refractivity contribution >= 4 is 17.8 Å². The summed E-state index contributed by atoms with van der Waals surface area (Å²) in [6.07, 6.45) is 5.56.